The van der Waals surface area contributed by atoms with Crippen molar-refractivity contribution in [2.24, 2.45) is 13.0 Å². The lowest BCUT2D eigenvalue weighted by atomic mass is 9.88. The van der Waals surface area contributed by atoms with Crippen LogP contribution in [0.3, 0.4) is 0 Å². The van der Waals surface area contributed by atoms with Crippen LogP contribution >= 0.6 is 0 Å². The van der Waals surface area contributed by atoms with E-state index in [4.69, 9.17) is 10.00 Å². The molecule has 0 N–H and O–H groups in total. The van der Waals surface area contributed by atoms with Crippen LogP contribution in [0.25, 0.3) is 11.4 Å². The zero-order valence-corrected chi connectivity index (χ0v) is 13.5. The molecule has 6 heteroatoms. The molecule has 2 heterocycles. The van der Waals surface area contributed by atoms with Gasteiger partial charge in [-0.1, -0.05) is 5.21 Å². The molecule has 23 heavy (non-hydrogen) atoms. The van der Waals surface area contributed by atoms with E-state index in [1.165, 1.54) is 0 Å². The maximum absolute atomic E-state index is 9.08. The first-order valence-electron chi connectivity index (χ1n) is 7.84. The lowest BCUT2D eigenvalue weighted by Crippen LogP contribution is -2.25. The molecule has 0 unspecified atom stereocenters. The molecule has 1 saturated carbocycles. The molecule has 3 rings (SSSR count). The fraction of sp³-hybridized carbons (Fsp3) is 0.471. The van der Waals surface area contributed by atoms with Gasteiger partial charge in [-0.05, 0) is 45.2 Å². The molecule has 0 saturated heterocycles. The summed E-state index contributed by atoms with van der Waals surface area (Å²) in [7, 11) is 1.80. The zero-order valence-electron chi connectivity index (χ0n) is 13.5. The lowest BCUT2D eigenvalue weighted by molar-refractivity contribution is 0.137. The first kappa shape index (κ1) is 15.5. The molecular formula is C17H20N5O. The Morgan fingerprint density at radius 3 is 2.87 bits per heavy atom. The van der Waals surface area contributed by atoms with E-state index in [0.717, 1.165) is 48.5 Å². The normalized spacial score (nSPS) is 21.0. The number of hydrogen-bond acceptors (Lipinski definition) is 5. The van der Waals surface area contributed by atoms with Crippen LogP contribution in [0.4, 0.5) is 0 Å². The highest BCUT2D eigenvalue weighted by Crippen LogP contribution is 2.29. The van der Waals surface area contributed by atoms with Gasteiger partial charge >= 0.3 is 0 Å². The largest absolute Gasteiger partial charge is 0.488 e. The molecule has 1 aliphatic carbocycles. The summed E-state index contributed by atoms with van der Waals surface area (Å²) in [4.78, 5) is 4.58. The van der Waals surface area contributed by atoms with Gasteiger partial charge in [-0.2, -0.15) is 5.26 Å². The molecule has 119 valence electrons. The van der Waals surface area contributed by atoms with Crippen LogP contribution in [0, 0.1) is 31.1 Å². The van der Waals surface area contributed by atoms with Crippen molar-refractivity contribution in [3.8, 4) is 23.2 Å². The van der Waals surface area contributed by atoms with E-state index in [9.17, 15) is 0 Å². The number of rotatable bonds is 3. The Kier molecular flexibility index (Phi) is 4.28. The van der Waals surface area contributed by atoms with Crippen LogP contribution < -0.4 is 4.74 Å². The summed E-state index contributed by atoms with van der Waals surface area (Å²) in [6, 6.07) is 6.15. The summed E-state index contributed by atoms with van der Waals surface area (Å²) in [6.45, 7) is 5.88. The van der Waals surface area contributed by atoms with Gasteiger partial charge in [0.25, 0.3) is 0 Å². The predicted molar refractivity (Wildman–Crippen MR) is 85.4 cm³/mol. The van der Waals surface area contributed by atoms with E-state index in [-0.39, 0.29) is 12.0 Å². The molecular weight excluding hydrogens is 290 g/mol. The molecule has 2 atom stereocenters. The molecule has 0 bridgehead atoms. The second-order valence-corrected chi connectivity index (χ2v) is 6.02. The van der Waals surface area contributed by atoms with E-state index in [1.807, 2.05) is 19.1 Å². The van der Waals surface area contributed by atoms with Gasteiger partial charge in [0.05, 0.1) is 23.2 Å². The highest BCUT2D eigenvalue weighted by Gasteiger charge is 2.24. The first-order chi connectivity index (χ1) is 11.1. The molecule has 1 fully saturated rings. The third-order valence-corrected chi connectivity index (χ3v) is 4.33. The molecule has 1 aliphatic rings. The minimum atomic E-state index is 0.0969. The number of aryl methyl sites for hydroxylation is 2. The van der Waals surface area contributed by atoms with E-state index < -0.39 is 0 Å². The summed E-state index contributed by atoms with van der Waals surface area (Å²) in [6.07, 6.45) is 3.90. The Morgan fingerprint density at radius 2 is 2.22 bits per heavy atom. The molecule has 2 aromatic rings. The molecule has 0 amide bonds. The van der Waals surface area contributed by atoms with E-state index in [0.29, 0.717) is 5.69 Å². The summed E-state index contributed by atoms with van der Waals surface area (Å²) < 4.78 is 7.70. The molecule has 6 nitrogen and oxygen atoms in total. The highest BCUT2D eigenvalue weighted by atomic mass is 16.5. The number of ether oxygens (including phenoxy) is 1. The van der Waals surface area contributed by atoms with Gasteiger partial charge < -0.3 is 4.74 Å². The number of hydrogen-bond donors (Lipinski definition) is 0. The van der Waals surface area contributed by atoms with Gasteiger partial charge in [0.1, 0.15) is 17.5 Å². The third-order valence-electron chi connectivity index (χ3n) is 4.33. The Balaban J connectivity index is 1.77. The number of pyridine rings is 1. The quantitative estimate of drug-likeness (QED) is 0.871. The average molecular weight is 310 g/mol. The second-order valence-electron chi connectivity index (χ2n) is 6.02. The Morgan fingerprint density at radius 1 is 1.39 bits per heavy atom. The van der Waals surface area contributed by atoms with Crippen LogP contribution in [-0.2, 0) is 7.05 Å². The number of nitrogens with zero attached hydrogens (tertiary/aromatic N) is 5. The van der Waals surface area contributed by atoms with Gasteiger partial charge in [-0.3, -0.25) is 4.68 Å². The molecule has 1 radical (unpaired) electrons. The molecule has 0 aromatic carbocycles. The highest BCUT2D eigenvalue weighted by molar-refractivity contribution is 5.58. The van der Waals surface area contributed by atoms with Gasteiger partial charge in [0.2, 0.25) is 0 Å². The first-order valence-corrected chi connectivity index (χ1v) is 7.84. The van der Waals surface area contributed by atoms with Crippen molar-refractivity contribution in [3.63, 3.8) is 0 Å². The minimum Gasteiger partial charge on any atom is -0.488 e. The molecule has 0 aliphatic heterocycles. The van der Waals surface area contributed by atoms with Crippen LogP contribution in [0.15, 0.2) is 12.1 Å². The van der Waals surface area contributed by atoms with E-state index >= 15 is 0 Å². The Bertz CT molecular complexity index is 746. The number of nitriles is 1. The standard InChI is InChI=1S/C17H20N5O/c1-11-16(23-14-6-4-5-13(9-14)10-18)8-7-15(19-11)17-12(2)22(3)21-20-17/h7-8,13-14H,2,4-6,9H2,1,3H3/t13-,14-/m0/s1. The summed E-state index contributed by atoms with van der Waals surface area (Å²) in [5.74, 6) is 0.876. The Labute approximate surface area is 136 Å². The van der Waals surface area contributed by atoms with E-state index in [2.05, 4.69) is 28.3 Å². The van der Waals surface area contributed by atoms with Crippen molar-refractivity contribution in [3.05, 3.63) is 30.4 Å². The van der Waals surface area contributed by atoms with Crippen molar-refractivity contribution in [2.75, 3.05) is 0 Å². The van der Waals surface area contributed by atoms with Crippen LogP contribution in [0.5, 0.6) is 5.75 Å². The van der Waals surface area contributed by atoms with Crippen LogP contribution in [0.2, 0.25) is 0 Å². The fourth-order valence-electron chi connectivity index (χ4n) is 2.93. The summed E-state index contributed by atoms with van der Waals surface area (Å²) in [5, 5.41) is 17.1. The maximum atomic E-state index is 9.08. The lowest BCUT2D eigenvalue weighted by Gasteiger charge is -2.26. The minimum absolute atomic E-state index is 0.0969. The van der Waals surface area contributed by atoms with Crippen molar-refractivity contribution in [2.45, 2.75) is 38.7 Å². The predicted octanol–water partition coefficient (Wildman–Crippen LogP) is 2.83. The van der Waals surface area contributed by atoms with Crippen molar-refractivity contribution in [1.29, 1.82) is 5.26 Å². The third kappa shape index (κ3) is 3.19. The van der Waals surface area contributed by atoms with Crippen LogP contribution in [-0.4, -0.2) is 26.1 Å². The SMILES string of the molecule is [CH2]c1c(-c2ccc(O[C@H]3CCC[C@H](C#N)C3)c(C)n2)nnn1C. The topological polar surface area (TPSA) is 76.6 Å². The van der Waals surface area contributed by atoms with Gasteiger partial charge in [0.15, 0.2) is 0 Å². The summed E-state index contributed by atoms with van der Waals surface area (Å²) >= 11 is 0. The smallest absolute Gasteiger partial charge is 0.140 e. The average Bonchev–Trinajstić information content (AvgIpc) is 2.89. The Hall–Kier alpha value is -2.42. The zero-order chi connectivity index (χ0) is 16.4. The van der Waals surface area contributed by atoms with Crippen molar-refractivity contribution in [1.82, 2.24) is 20.0 Å². The monoisotopic (exact) mass is 310 g/mol. The fourth-order valence-corrected chi connectivity index (χ4v) is 2.93. The van der Waals surface area contributed by atoms with Crippen molar-refractivity contribution >= 4 is 0 Å². The van der Waals surface area contributed by atoms with Gasteiger partial charge in [-0.15, -0.1) is 5.10 Å². The van der Waals surface area contributed by atoms with E-state index in [1.54, 1.807) is 11.7 Å². The number of aromatic nitrogens is 4. The maximum Gasteiger partial charge on any atom is 0.140 e. The van der Waals surface area contributed by atoms with Crippen molar-refractivity contribution < 1.29 is 4.74 Å². The molecule has 0 spiro atoms. The van der Waals surface area contributed by atoms with Crippen LogP contribution in [0.1, 0.15) is 37.1 Å². The second kappa shape index (κ2) is 6.37. The molecule has 2 aromatic heterocycles. The summed E-state index contributed by atoms with van der Waals surface area (Å²) in [5.41, 5.74) is 2.97. The van der Waals surface area contributed by atoms with Gasteiger partial charge in [0, 0.05) is 19.4 Å². The van der Waals surface area contributed by atoms with Gasteiger partial charge in [-0.25, -0.2) is 4.98 Å².